The Hall–Kier alpha value is -0.560. The van der Waals surface area contributed by atoms with Crippen LogP contribution in [0, 0.1) is 0 Å². The maximum atomic E-state index is 5.40. The molecule has 2 rings (SSSR count). The molecule has 0 saturated heterocycles. The average molecular weight is 108 g/mol. The number of rotatable bonds is 0. The lowest BCUT2D eigenvalue weighted by atomic mass is 10.2. The second-order valence-corrected chi connectivity index (χ2v) is 2.19. The van der Waals surface area contributed by atoms with E-state index < -0.39 is 0 Å². The van der Waals surface area contributed by atoms with Crippen LogP contribution in [-0.4, -0.2) is 12.2 Å². The molecule has 2 bridgehead atoms. The van der Waals surface area contributed by atoms with Crippen molar-refractivity contribution in [1.29, 1.82) is 0 Å². The summed E-state index contributed by atoms with van der Waals surface area (Å²) in [5.41, 5.74) is 0. The summed E-state index contributed by atoms with van der Waals surface area (Å²) in [7, 11) is 0. The van der Waals surface area contributed by atoms with Gasteiger partial charge in [0, 0.05) is 0 Å². The van der Waals surface area contributed by atoms with Gasteiger partial charge in [-0.1, -0.05) is 24.3 Å². The van der Waals surface area contributed by atoms with Crippen LogP contribution in [0.4, 0.5) is 0 Å². The monoisotopic (exact) mass is 108 g/mol. The van der Waals surface area contributed by atoms with Crippen molar-refractivity contribution in [3.05, 3.63) is 24.3 Å². The summed E-state index contributed by atoms with van der Waals surface area (Å²) in [6, 6.07) is 0. The predicted molar refractivity (Wildman–Crippen MR) is 31.6 cm³/mol. The summed E-state index contributed by atoms with van der Waals surface area (Å²) in [4.78, 5) is 0. The van der Waals surface area contributed by atoms with Crippen LogP contribution in [0.15, 0.2) is 24.3 Å². The molecule has 0 aromatic heterocycles. The van der Waals surface area contributed by atoms with Gasteiger partial charge in [0.05, 0.1) is 12.2 Å². The molecule has 2 atom stereocenters. The molecular formula is C7H8O. The van der Waals surface area contributed by atoms with E-state index in [0.29, 0.717) is 12.2 Å². The first kappa shape index (κ1) is 4.33. The molecule has 42 valence electrons. The maximum absolute atomic E-state index is 5.40. The van der Waals surface area contributed by atoms with E-state index in [4.69, 9.17) is 4.74 Å². The molecule has 0 amide bonds. The van der Waals surface area contributed by atoms with Gasteiger partial charge in [0.2, 0.25) is 0 Å². The van der Waals surface area contributed by atoms with Gasteiger partial charge in [0.15, 0.2) is 0 Å². The first-order valence-corrected chi connectivity index (χ1v) is 2.95. The molecule has 2 aliphatic rings. The van der Waals surface area contributed by atoms with Crippen LogP contribution in [0.5, 0.6) is 0 Å². The number of hydrogen-bond acceptors (Lipinski definition) is 1. The lowest BCUT2D eigenvalue weighted by Crippen LogP contribution is -2.12. The van der Waals surface area contributed by atoms with E-state index in [1.165, 1.54) is 0 Å². The van der Waals surface area contributed by atoms with Crippen molar-refractivity contribution < 1.29 is 4.74 Å². The minimum absolute atomic E-state index is 0.300. The Bertz CT molecular complexity index is 144. The number of hydrogen-bond donors (Lipinski definition) is 0. The summed E-state index contributed by atoms with van der Waals surface area (Å²) in [6.07, 6.45) is 10.3. The van der Waals surface area contributed by atoms with Gasteiger partial charge in [-0.25, -0.2) is 0 Å². The minimum atomic E-state index is 0.300. The van der Waals surface area contributed by atoms with Gasteiger partial charge in [0.1, 0.15) is 0 Å². The quantitative estimate of drug-likeness (QED) is 0.424. The van der Waals surface area contributed by atoms with E-state index in [9.17, 15) is 0 Å². The van der Waals surface area contributed by atoms with E-state index in [1.807, 2.05) is 0 Å². The molecule has 0 aromatic carbocycles. The molecule has 0 fully saturated rings. The molecule has 0 aliphatic carbocycles. The van der Waals surface area contributed by atoms with E-state index in [0.717, 1.165) is 6.42 Å². The van der Waals surface area contributed by atoms with Crippen molar-refractivity contribution in [1.82, 2.24) is 0 Å². The Labute approximate surface area is 48.7 Å². The van der Waals surface area contributed by atoms with Crippen molar-refractivity contribution in [2.24, 2.45) is 0 Å². The van der Waals surface area contributed by atoms with Gasteiger partial charge in [-0.2, -0.15) is 0 Å². The van der Waals surface area contributed by atoms with Crippen molar-refractivity contribution in [3.8, 4) is 0 Å². The standard InChI is InChI=1S/C7H8O/c1-2-6-4-5-7(3-1)8-6/h1-2,4-7H,3H2. The number of fused-ring (bicyclic) bond motifs is 2. The molecule has 8 heavy (non-hydrogen) atoms. The van der Waals surface area contributed by atoms with E-state index >= 15 is 0 Å². The highest BCUT2D eigenvalue weighted by Gasteiger charge is 2.18. The fourth-order valence-corrected chi connectivity index (χ4v) is 1.12. The number of ether oxygens (including phenoxy) is 1. The minimum Gasteiger partial charge on any atom is -0.362 e. The third kappa shape index (κ3) is 0.514. The van der Waals surface area contributed by atoms with Crippen molar-refractivity contribution in [2.75, 3.05) is 0 Å². The molecule has 2 heterocycles. The van der Waals surface area contributed by atoms with E-state index in [1.54, 1.807) is 0 Å². The van der Waals surface area contributed by atoms with Crippen LogP contribution in [-0.2, 0) is 4.74 Å². The molecule has 0 radical (unpaired) electrons. The molecule has 0 N–H and O–H groups in total. The van der Waals surface area contributed by atoms with Crippen LogP contribution < -0.4 is 0 Å². The Balaban J connectivity index is 2.28. The second kappa shape index (κ2) is 1.46. The van der Waals surface area contributed by atoms with Crippen LogP contribution >= 0.6 is 0 Å². The normalized spacial score (nSPS) is 41.0. The zero-order valence-electron chi connectivity index (χ0n) is 4.58. The van der Waals surface area contributed by atoms with Crippen molar-refractivity contribution in [3.63, 3.8) is 0 Å². The fraction of sp³-hybridized carbons (Fsp3) is 0.429. The van der Waals surface area contributed by atoms with Crippen LogP contribution in [0.1, 0.15) is 6.42 Å². The predicted octanol–water partition coefficient (Wildman–Crippen LogP) is 1.27. The molecule has 0 aromatic rings. The maximum Gasteiger partial charge on any atom is 0.0946 e. The van der Waals surface area contributed by atoms with Gasteiger partial charge in [-0.15, -0.1) is 0 Å². The van der Waals surface area contributed by atoms with E-state index in [-0.39, 0.29) is 0 Å². The molecule has 2 unspecified atom stereocenters. The summed E-state index contributed by atoms with van der Waals surface area (Å²) in [6.45, 7) is 0. The van der Waals surface area contributed by atoms with Gasteiger partial charge in [0.25, 0.3) is 0 Å². The highest BCUT2D eigenvalue weighted by molar-refractivity contribution is 5.15. The fourth-order valence-electron chi connectivity index (χ4n) is 1.12. The zero-order chi connectivity index (χ0) is 5.40. The van der Waals surface area contributed by atoms with Gasteiger partial charge < -0.3 is 4.74 Å². The molecule has 1 nitrogen and oxygen atoms in total. The molecule has 0 saturated carbocycles. The van der Waals surface area contributed by atoms with Crippen molar-refractivity contribution >= 4 is 0 Å². The lowest BCUT2D eigenvalue weighted by Gasteiger charge is -2.13. The summed E-state index contributed by atoms with van der Waals surface area (Å²) < 4.78 is 5.40. The first-order valence-electron chi connectivity index (χ1n) is 2.95. The SMILES string of the molecule is C1=CC2C=CC(C1)O2. The molecule has 2 aliphatic heterocycles. The molecular weight excluding hydrogens is 100 g/mol. The lowest BCUT2D eigenvalue weighted by molar-refractivity contribution is 0.0800. The largest absolute Gasteiger partial charge is 0.362 e. The Morgan fingerprint density at radius 3 is 3.00 bits per heavy atom. The van der Waals surface area contributed by atoms with Gasteiger partial charge >= 0.3 is 0 Å². The highest BCUT2D eigenvalue weighted by atomic mass is 16.5. The van der Waals surface area contributed by atoms with Crippen LogP contribution in [0.3, 0.4) is 0 Å². The summed E-state index contributed by atoms with van der Waals surface area (Å²) >= 11 is 0. The van der Waals surface area contributed by atoms with Gasteiger partial charge in [-0.3, -0.25) is 0 Å². The Morgan fingerprint density at radius 1 is 1.25 bits per heavy atom. The molecule has 1 heteroatoms. The van der Waals surface area contributed by atoms with E-state index in [2.05, 4.69) is 24.3 Å². The molecule has 0 spiro atoms. The topological polar surface area (TPSA) is 9.23 Å². The summed E-state index contributed by atoms with van der Waals surface area (Å²) in [5.74, 6) is 0. The smallest absolute Gasteiger partial charge is 0.0946 e. The Kier molecular flexibility index (Phi) is 0.788. The third-order valence-electron chi connectivity index (χ3n) is 1.54. The summed E-state index contributed by atoms with van der Waals surface area (Å²) in [5, 5.41) is 0. The van der Waals surface area contributed by atoms with Crippen LogP contribution in [0.25, 0.3) is 0 Å². The highest BCUT2D eigenvalue weighted by Crippen LogP contribution is 2.20. The third-order valence-corrected chi connectivity index (χ3v) is 1.54. The van der Waals surface area contributed by atoms with Crippen molar-refractivity contribution in [2.45, 2.75) is 18.6 Å². The zero-order valence-corrected chi connectivity index (χ0v) is 4.58. The van der Waals surface area contributed by atoms with Crippen LogP contribution in [0.2, 0.25) is 0 Å². The van der Waals surface area contributed by atoms with Gasteiger partial charge in [-0.05, 0) is 6.42 Å². The average Bonchev–Trinajstić information content (AvgIpc) is 2.12. The Morgan fingerprint density at radius 2 is 2.25 bits per heavy atom. The first-order chi connectivity index (χ1) is 3.95. The second-order valence-electron chi connectivity index (χ2n) is 2.19.